The van der Waals surface area contributed by atoms with Crippen LogP contribution in [0.2, 0.25) is 0 Å². The first-order valence-corrected chi connectivity index (χ1v) is 9.82. The van der Waals surface area contributed by atoms with E-state index in [-0.39, 0.29) is 11.8 Å². The predicted octanol–water partition coefficient (Wildman–Crippen LogP) is 6.14. The quantitative estimate of drug-likeness (QED) is 0.418. The van der Waals surface area contributed by atoms with Gasteiger partial charge in [-0.2, -0.15) is 0 Å². The lowest BCUT2D eigenvalue weighted by atomic mass is 9.74. The largest absolute Gasteiger partial charge is 0.385 e. The maximum Gasteiger partial charge on any atom is 0.0941 e. The zero-order chi connectivity index (χ0) is 17.1. The molecule has 2 heteroatoms. The van der Waals surface area contributed by atoms with Gasteiger partial charge in [-0.3, -0.25) is 0 Å². The van der Waals surface area contributed by atoms with Crippen LogP contribution in [0.4, 0.5) is 0 Å². The number of rotatable bonds is 7. The van der Waals surface area contributed by atoms with Gasteiger partial charge < -0.3 is 5.11 Å². The van der Waals surface area contributed by atoms with E-state index in [4.69, 9.17) is 0 Å². The van der Waals surface area contributed by atoms with Gasteiger partial charge in [0, 0.05) is 3.92 Å². The van der Waals surface area contributed by atoms with Gasteiger partial charge in [-0.25, -0.2) is 0 Å². The highest BCUT2D eigenvalue weighted by molar-refractivity contribution is 14.1. The van der Waals surface area contributed by atoms with Crippen molar-refractivity contribution >= 4 is 22.6 Å². The molecule has 0 amide bonds. The third kappa shape index (κ3) is 4.47. The molecule has 0 fully saturated rings. The minimum absolute atomic E-state index is 0.202. The topological polar surface area (TPSA) is 20.2 Å². The molecule has 2 unspecified atom stereocenters. The molecule has 0 radical (unpaired) electrons. The third-order valence-corrected chi connectivity index (χ3v) is 5.45. The monoisotopic (exact) mass is 416 g/mol. The Labute approximate surface area is 151 Å². The highest BCUT2D eigenvalue weighted by atomic mass is 127. The van der Waals surface area contributed by atoms with Crippen LogP contribution in [0.5, 0.6) is 0 Å². The molecule has 0 aliphatic heterocycles. The standard InChI is InChI=1S/C20H33IO/c1-13(2)19(12-16(7)21)17-8-10-18(11-9-17)20(22,14(3)4)15(5)6/h8-11,13-16,19,22H,12H2,1-7H3. The summed E-state index contributed by atoms with van der Waals surface area (Å²) >= 11 is 2.51. The van der Waals surface area contributed by atoms with Gasteiger partial charge in [-0.15, -0.1) is 0 Å². The summed E-state index contributed by atoms with van der Waals surface area (Å²) < 4.78 is 0.674. The van der Waals surface area contributed by atoms with Crippen molar-refractivity contribution in [2.45, 2.75) is 70.3 Å². The van der Waals surface area contributed by atoms with E-state index in [9.17, 15) is 5.11 Å². The molecule has 126 valence electrons. The first-order chi connectivity index (χ1) is 10.1. The zero-order valence-electron chi connectivity index (χ0n) is 15.2. The molecule has 1 aromatic carbocycles. The Morgan fingerprint density at radius 1 is 0.909 bits per heavy atom. The number of benzene rings is 1. The minimum Gasteiger partial charge on any atom is -0.385 e. The molecule has 0 aliphatic rings. The zero-order valence-corrected chi connectivity index (χ0v) is 17.4. The van der Waals surface area contributed by atoms with Crippen molar-refractivity contribution in [3.63, 3.8) is 0 Å². The SMILES string of the molecule is CC(I)CC(c1ccc(C(O)(C(C)C)C(C)C)cc1)C(C)C. The lowest BCUT2D eigenvalue weighted by Crippen LogP contribution is -2.37. The number of halogens is 1. The van der Waals surface area contributed by atoms with E-state index in [0.717, 1.165) is 5.56 Å². The number of aliphatic hydroxyl groups is 1. The molecule has 0 aliphatic carbocycles. The molecule has 0 saturated carbocycles. The molecule has 0 spiro atoms. The van der Waals surface area contributed by atoms with Crippen LogP contribution in [-0.2, 0) is 5.60 Å². The van der Waals surface area contributed by atoms with E-state index in [1.165, 1.54) is 12.0 Å². The van der Waals surface area contributed by atoms with Crippen molar-refractivity contribution in [2.75, 3.05) is 0 Å². The summed E-state index contributed by atoms with van der Waals surface area (Å²) in [6.07, 6.45) is 1.20. The number of alkyl halides is 1. The highest BCUT2D eigenvalue weighted by Crippen LogP contribution is 2.38. The minimum atomic E-state index is -0.748. The molecule has 0 bridgehead atoms. The Balaban J connectivity index is 3.12. The van der Waals surface area contributed by atoms with Crippen molar-refractivity contribution in [1.82, 2.24) is 0 Å². The second kappa shape index (κ2) is 8.14. The smallest absolute Gasteiger partial charge is 0.0941 e. The van der Waals surface area contributed by atoms with Gasteiger partial charge in [0.2, 0.25) is 0 Å². The molecule has 1 nitrogen and oxygen atoms in total. The normalized spacial score (nSPS) is 15.6. The third-order valence-electron chi connectivity index (χ3n) is 4.95. The molecule has 1 N–H and O–H groups in total. The summed E-state index contributed by atoms with van der Waals surface area (Å²) in [5, 5.41) is 11.1. The van der Waals surface area contributed by atoms with Crippen molar-refractivity contribution < 1.29 is 5.11 Å². The first kappa shape index (κ1) is 20.0. The van der Waals surface area contributed by atoms with E-state index in [1.807, 2.05) is 0 Å². The van der Waals surface area contributed by atoms with E-state index >= 15 is 0 Å². The molecule has 1 rings (SSSR count). The summed E-state index contributed by atoms with van der Waals surface area (Å²) in [6.45, 7) is 15.3. The Bertz CT molecular complexity index is 437. The lowest BCUT2D eigenvalue weighted by Gasteiger charge is -2.37. The van der Waals surface area contributed by atoms with E-state index in [2.05, 4.69) is 95.3 Å². The molecule has 0 aromatic heterocycles. The van der Waals surface area contributed by atoms with Gasteiger partial charge in [0.1, 0.15) is 0 Å². The van der Waals surface area contributed by atoms with E-state index in [0.29, 0.717) is 15.8 Å². The first-order valence-electron chi connectivity index (χ1n) is 8.57. The predicted molar refractivity (Wildman–Crippen MR) is 106 cm³/mol. The summed E-state index contributed by atoms with van der Waals surface area (Å²) in [6, 6.07) is 8.74. The average Bonchev–Trinajstić information content (AvgIpc) is 2.43. The van der Waals surface area contributed by atoms with E-state index < -0.39 is 5.60 Å². The molecular weight excluding hydrogens is 383 g/mol. The van der Waals surface area contributed by atoms with Gasteiger partial charge in [-0.05, 0) is 41.2 Å². The van der Waals surface area contributed by atoms with Crippen LogP contribution in [0.1, 0.15) is 71.9 Å². The number of hydrogen-bond acceptors (Lipinski definition) is 1. The van der Waals surface area contributed by atoms with Gasteiger partial charge in [-0.1, -0.05) is 95.3 Å². The Morgan fingerprint density at radius 3 is 1.68 bits per heavy atom. The molecule has 22 heavy (non-hydrogen) atoms. The highest BCUT2D eigenvalue weighted by Gasteiger charge is 2.36. The van der Waals surface area contributed by atoms with Gasteiger partial charge in [0.15, 0.2) is 0 Å². The van der Waals surface area contributed by atoms with Crippen LogP contribution in [0.3, 0.4) is 0 Å². The Morgan fingerprint density at radius 2 is 1.36 bits per heavy atom. The van der Waals surface area contributed by atoms with Gasteiger partial charge >= 0.3 is 0 Å². The fraction of sp³-hybridized carbons (Fsp3) is 0.700. The average molecular weight is 416 g/mol. The molecule has 0 heterocycles. The van der Waals surface area contributed by atoms with Gasteiger partial charge in [0.05, 0.1) is 5.60 Å². The maximum atomic E-state index is 11.1. The fourth-order valence-corrected chi connectivity index (χ4v) is 4.02. The maximum absolute atomic E-state index is 11.1. The summed E-state index contributed by atoms with van der Waals surface area (Å²) in [5.41, 5.74) is 1.70. The number of hydrogen-bond donors (Lipinski definition) is 1. The molecule has 0 saturated heterocycles. The lowest BCUT2D eigenvalue weighted by molar-refractivity contribution is -0.0531. The second-order valence-electron chi connectivity index (χ2n) is 7.62. The van der Waals surface area contributed by atoms with Crippen molar-refractivity contribution in [2.24, 2.45) is 17.8 Å². The van der Waals surface area contributed by atoms with Crippen LogP contribution < -0.4 is 0 Å². The second-order valence-corrected chi connectivity index (χ2v) is 9.75. The van der Waals surface area contributed by atoms with Crippen LogP contribution in [0, 0.1) is 17.8 Å². The fourth-order valence-electron chi connectivity index (χ4n) is 3.47. The Kier molecular flexibility index (Phi) is 7.38. The Hall–Kier alpha value is -0.0900. The van der Waals surface area contributed by atoms with Crippen LogP contribution in [0.15, 0.2) is 24.3 Å². The summed E-state index contributed by atoms with van der Waals surface area (Å²) in [7, 11) is 0. The van der Waals surface area contributed by atoms with Crippen LogP contribution in [-0.4, -0.2) is 9.03 Å². The van der Waals surface area contributed by atoms with E-state index in [1.54, 1.807) is 0 Å². The van der Waals surface area contributed by atoms with Crippen molar-refractivity contribution in [3.05, 3.63) is 35.4 Å². The van der Waals surface area contributed by atoms with Gasteiger partial charge in [0.25, 0.3) is 0 Å². The summed E-state index contributed by atoms with van der Waals surface area (Å²) in [4.78, 5) is 0. The molecule has 2 atom stereocenters. The summed E-state index contributed by atoms with van der Waals surface area (Å²) in [5.74, 6) is 1.63. The van der Waals surface area contributed by atoms with Crippen molar-refractivity contribution in [1.29, 1.82) is 0 Å². The van der Waals surface area contributed by atoms with Crippen LogP contribution >= 0.6 is 22.6 Å². The molecule has 1 aromatic rings. The van der Waals surface area contributed by atoms with Crippen molar-refractivity contribution in [3.8, 4) is 0 Å². The van der Waals surface area contributed by atoms with Crippen LogP contribution in [0.25, 0.3) is 0 Å². The molecular formula is C20H33IO.